The highest BCUT2D eigenvalue weighted by atomic mass is 127. The molecule has 2 aromatic carbocycles. The van der Waals surface area contributed by atoms with Crippen LogP contribution in [0.25, 0.3) is 0 Å². The van der Waals surface area contributed by atoms with Crippen molar-refractivity contribution < 1.29 is 22.3 Å². The SMILES string of the molecule is I.NC(=NCc1cc(Br)ccc1F)Nc1ccccc1OC(F)(F)F. The predicted octanol–water partition coefficient (Wildman–Crippen LogP) is 5.03. The summed E-state index contributed by atoms with van der Waals surface area (Å²) in [5.41, 5.74) is 5.92. The lowest BCUT2D eigenvalue weighted by atomic mass is 10.2. The third kappa shape index (κ3) is 7.06. The molecule has 0 aromatic heterocycles. The highest BCUT2D eigenvalue weighted by Crippen LogP contribution is 2.29. The third-order valence-corrected chi connectivity index (χ3v) is 3.30. The number of hydrogen-bond acceptors (Lipinski definition) is 2. The number of rotatable bonds is 4. The summed E-state index contributed by atoms with van der Waals surface area (Å²) in [5, 5.41) is 2.51. The molecule has 0 saturated carbocycles. The number of nitrogens with one attached hydrogen (secondary N) is 1. The highest BCUT2D eigenvalue weighted by Gasteiger charge is 2.32. The first-order valence-corrected chi connectivity index (χ1v) is 7.39. The van der Waals surface area contributed by atoms with Crippen LogP contribution < -0.4 is 15.8 Å². The van der Waals surface area contributed by atoms with Gasteiger partial charge in [-0.2, -0.15) is 0 Å². The van der Waals surface area contributed by atoms with Crippen molar-refractivity contribution in [1.29, 1.82) is 0 Å². The molecule has 0 atom stereocenters. The van der Waals surface area contributed by atoms with E-state index in [1.54, 1.807) is 0 Å². The van der Waals surface area contributed by atoms with E-state index < -0.39 is 17.9 Å². The molecule has 0 amide bonds. The monoisotopic (exact) mass is 533 g/mol. The minimum atomic E-state index is -4.83. The van der Waals surface area contributed by atoms with Gasteiger partial charge < -0.3 is 15.8 Å². The number of nitrogens with two attached hydrogens (primary N) is 1. The Kier molecular flexibility index (Phi) is 7.93. The van der Waals surface area contributed by atoms with Gasteiger partial charge in [-0.25, -0.2) is 9.38 Å². The van der Waals surface area contributed by atoms with Crippen molar-refractivity contribution in [2.24, 2.45) is 10.7 Å². The fourth-order valence-corrected chi connectivity index (χ4v) is 2.20. The van der Waals surface area contributed by atoms with E-state index in [0.29, 0.717) is 4.47 Å². The molecule has 2 aromatic rings. The van der Waals surface area contributed by atoms with Gasteiger partial charge >= 0.3 is 6.36 Å². The van der Waals surface area contributed by atoms with Crippen LogP contribution in [0.2, 0.25) is 0 Å². The van der Waals surface area contributed by atoms with Crippen LogP contribution in [-0.2, 0) is 6.54 Å². The molecule has 2 rings (SSSR count). The summed E-state index contributed by atoms with van der Waals surface area (Å²) in [5.74, 6) is -1.08. The molecule has 0 aliphatic heterocycles. The Hall–Kier alpha value is -1.56. The van der Waals surface area contributed by atoms with Crippen molar-refractivity contribution in [3.8, 4) is 5.75 Å². The lowest BCUT2D eigenvalue weighted by Gasteiger charge is -2.14. The second-order valence-electron chi connectivity index (χ2n) is 4.61. The molecule has 0 heterocycles. The van der Waals surface area contributed by atoms with E-state index in [1.807, 2.05) is 0 Å². The molecule has 3 N–H and O–H groups in total. The van der Waals surface area contributed by atoms with Gasteiger partial charge in [0.1, 0.15) is 5.82 Å². The van der Waals surface area contributed by atoms with Gasteiger partial charge in [-0.1, -0.05) is 28.1 Å². The Balaban J connectivity index is 0.00000312. The minimum absolute atomic E-state index is 0. The maximum Gasteiger partial charge on any atom is 0.573 e. The number of para-hydroxylation sites is 2. The van der Waals surface area contributed by atoms with Crippen LogP contribution in [0, 0.1) is 5.82 Å². The normalized spacial score (nSPS) is 11.6. The van der Waals surface area contributed by atoms with Crippen molar-refractivity contribution in [1.82, 2.24) is 0 Å². The fraction of sp³-hybridized carbons (Fsp3) is 0.133. The Morgan fingerprint density at radius 1 is 1.20 bits per heavy atom. The second-order valence-corrected chi connectivity index (χ2v) is 5.52. The van der Waals surface area contributed by atoms with Gasteiger partial charge in [-0.15, -0.1) is 37.1 Å². The number of benzene rings is 2. The van der Waals surface area contributed by atoms with Crippen LogP contribution in [0.15, 0.2) is 51.9 Å². The number of nitrogens with zero attached hydrogens (tertiary/aromatic N) is 1. The maximum atomic E-state index is 13.6. The molecule has 0 unspecified atom stereocenters. The van der Waals surface area contributed by atoms with Gasteiger partial charge in [0.15, 0.2) is 11.7 Å². The maximum absolute atomic E-state index is 13.6. The number of aliphatic imine (C=N–C) groups is 1. The Labute approximate surface area is 166 Å². The standard InChI is InChI=1S/C15H12BrF4N3O.HI/c16-10-5-6-11(17)9(7-10)8-22-14(21)23-12-3-1-2-4-13(12)24-15(18,19)20;/h1-7H,8H2,(H3,21,22,23);1H. The summed E-state index contributed by atoms with van der Waals surface area (Å²) >= 11 is 3.21. The molecule has 0 aliphatic carbocycles. The Morgan fingerprint density at radius 3 is 2.56 bits per heavy atom. The lowest BCUT2D eigenvalue weighted by molar-refractivity contribution is -0.274. The first-order valence-electron chi connectivity index (χ1n) is 6.60. The molecule has 0 radical (unpaired) electrons. The van der Waals surface area contributed by atoms with Crippen LogP contribution >= 0.6 is 39.9 Å². The summed E-state index contributed by atoms with van der Waals surface area (Å²) in [7, 11) is 0. The van der Waals surface area contributed by atoms with Crippen LogP contribution in [0.4, 0.5) is 23.2 Å². The predicted molar refractivity (Wildman–Crippen MR) is 102 cm³/mol. The van der Waals surface area contributed by atoms with Crippen molar-refractivity contribution in [3.63, 3.8) is 0 Å². The van der Waals surface area contributed by atoms with E-state index >= 15 is 0 Å². The van der Waals surface area contributed by atoms with Gasteiger partial charge in [0, 0.05) is 10.0 Å². The smallest absolute Gasteiger partial charge is 0.404 e. The van der Waals surface area contributed by atoms with E-state index in [9.17, 15) is 17.6 Å². The highest BCUT2D eigenvalue weighted by molar-refractivity contribution is 14.0. The Morgan fingerprint density at radius 2 is 1.88 bits per heavy atom. The summed E-state index contributed by atoms with van der Waals surface area (Å²) < 4.78 is 55.2. The van der Waals surface area contributed by atoms with Crippen molar-refractivity contribution in [2.45, 2.75) is 12.9 Å². The molecule has 10 heteroatoms. The summed E-state index contributed by atoms with van der Waals surface area (Å²) in [6.07, 6.45) is -4.83. The second kappa shape index (κ2) is 9.22. The lowest BCUT2D eigenvalue weighted by Crippen LogP contribution is -2.24. The minimum Gasteiger partial charge on any atom is -0.404 e. The molecule has 0 aliphatic rings. The van der Waals surface area contributed by atoms with Crippen molar-refractivity contribution in [3.05, 3.63) is 58.3 Å². The summed E-state index contributed by atoms with van der Waals surface area (Å²) in [4.78, 5) is 3.91. The molecule has 4 nitrogen and oxygen atoms in total. The van der Waals surface area contributed by atoms with E-state index in [-0.39, 0.29) is 47.7 Å². The molecule has 0 fully saturated rings. The van der Waals surface area contributed by atoms with E-state index in [2.05, 4.69) is 31.0 Å². The largest absolute Gasteiger partial charge is 0.573 e. The van der Waals surface area contributed by atoms with E-state index in [4.69, 9.17) is 5.73 Å². The van der Waals surface area contributed by atoms with Gasteiger partial charge in [0.2, 0.25) is 0 Å². The number of anilines is 1. The number of hydrogen-bond donors (Lipinski definition) is 2. The summed E-state index contributed by atoms with van der Waals surface area (Å²) in [6, 6.07) is 9.72. The van der Waals surface area contributed by atoms with Gasteiger partial charge in [0.05, 0.1) is 12.2 Å². The number of ether oxygens (including phenoxy) is 1. The first-order chi connectivity index (χ1) is 11.2. The number of guanidine groups is 1. The van der Waals surface area contributed by atoms with Crippen LogP contribution in [-0.4, -0.2) is 12.3 Å². The van der Waals surface area contributed by atoms with Crippen LogP contribution in [0.3, 0.4) is 0 Å². The van der Waals surface area contributed by atoms with Crippen LogP contribution in [0.5, 0.6) is 5.75 Å². The topological polar surface area (TPSA) is 59.6 Å². The fourth-order valence-electron chi connectivity index (χ4n) is 1.80. The van der Waals surface area contributed by atoms with Gasteiger partial charge in [-0.05, 0) is 30.3 Å². The average Bonchev–Trinajstić information content (AvgIpc) is 2.49. The van der Waals surface area contributed by atoms with Gasteiger partial charge in [-0.3, -0.25) is 0 Å². The molecule has 25 heavy (non-hydrogen) atoms. The third-order valence-electron chi connectivity index (χ3n) is 2.80. The molecule has 136 valence electrons. The Bertz CT molecular complexity index is 756. The number of alkyl halides is 3. The van der Waals surface area contributed by atoms with Crippen LogP contribution in [0.1, 0.15) is 5.56 Å². The zero-order valence-electron chi connectivity index (χ0n) is 12.5. The van der Waals surface area contributed by atoms with E-state index in [1.165, 1.54) is 36.4 Å². The summed E-state index contributed by atoms with van der Waals surface area (Å²) in [6.45, 7) is -0.0770. The van der Waals surface area contributed by atoms with E-state index in [0.717, 1.165) is 6.07 Å². The molecule has 0 bridgehead atoms. The molecular formula is C15H13BrF4IN3O. The molecular weight excluding hydrogens is 521 g/mol. The van der Waals surface area contributed by atoms with Crippen molar-refractivity contribution >= 4 is 51.6 Å². The zero-order valence-corrected chi connectivity index (χ0v) is 16.4. The zero-order chi connectivity index (χ0) is 17.7. The van der Waals surface area contributed by atoms with Gasteiger partial charge in [0.25, 0.3) is 0 Å². The van der Waals surface area contributed by atoms with Crippen molar-refractivity contribution in [2.75, 3.05) is 5.32 Å². The first kappa shape index (κ1) is 21.5. The molecule has 0 spiro atoms. The number of halogens is 6. The average molecular weight is 534 g/mol. The quantitative estimate of drug-likeness (QED) is 0.251. The molecule has 0 saturated heterocycles.